The first-order valence-corrected chi connectivity index (χ1v) is 6.01. The predicted octanol–water partition coefficient (Wildman–Crippen LogP) is 1.77. The molecule has 19 heavy (non-hydrogen) atoms. The van der Waals surface area contributed by atoms with Crippen molar-refractivity contribution in [1.29, 1.82) is 0 Å². The first kappa shape index (κ1) is 13.3. The van der Waals surface area contributed by atoms with E-state index in [-0.39, 0.29) is 17.9 Å². The summed E-state index contributed by atoms with van der Waals surface area (Å²) in [5, 5.41) is 10.2. The number of hydrogen-bond acceptors (Lipinski definition) is 5. The zero-order chi connectivity index (χ0) is 14.2. The van der Waals surface area contributed by atoms with Crippen molar-refractivity contribution >= 4 is 17.5 Å². The second-order valence-electron chi connectivity index (χ2n) is 4.82. The molecular formula is C14H15NO4. The number of aliphatic hydroxyl groups excluding tert-OH is 1. The topological polar surface area (TPSA) is 76.5 Å². The van der Waals surface area contributed by atoms with Crippen LogP contribution in [0.15, 0.2) is 24.0 Å². The van der Waals surface area contributed by atoms with Crippen molar-refractivity contribution < 1.29 is 19.4 Å². The van der Waals surface area contributed by atoms with Crippen LogP contribution in [0.25, 0.3) is 5.76 Å². The summed E-state index contributed by atoms with van der Waals surface area (Å²) < 4.78 is 4.84. The highest BCUT2D eigenvalue weighted by Gasteiger charge is 2.43. The van der Waals surface area contributed by atoms with Gasteiger partial charge >= 0.3 is 5.97 Å². The molecule has 0 aromatic carbocycles. The van der Waals surface area contributed by atoms with Gasteiger partial charge in [0.05, 0.1) is 12.0 Å². The number of carbonyl (C=O) groups excluding carboxylic acids is 2. The second kappa shape index (κ2) is 4.50. The molecule has 1 heterocycles. The molecule has 5 nitrogen and oxygen atoms in total. The van der Waals surface area contributed by atoms with Gasteiger partial charge in [0.15, 0.2) is 5.78 Å². The van der Waals surface area contributed by atoms with E-state index in [1.165, 1.54) is 12.4 Å². The number of Topliss-reactive ketones (excluding diaryl/α,β-unsaturated/α-hetero) is 1. The molecule has 0 unspecified atom stereocenters. The van der Waals surface area contributed by atoms with Crippen molar-refractivity contribution in [3.63, 3.8) is 0 Å². The molecule has 0 aliphatic heterocycles. The molecule has 0 radical (unpaired) electrons. The van der Waals surface area contributed by atoms with Gasteiger partial charge in [-0.15, -0.1) is 0 Å². The summed E-state index contributed by atoms with van der Waals surface area (Å²) in [5.74, 6) is -1.58. The molecule has 0 fully saturated rings. The number of rotatable bonds is 2. The Bertz CT molecular complexity index is 587. The number of fused-ring (bicyclic) bond motifs is 1. The van der Waals surface area contributed by atoms with Crippen LogP contribution in [0.1, 0.15) is 31.9 Å². The van der Waals surface area contributed by atoms with Crippen LogP contribution in [0.5, 0.6) is 0 Å². The Balaban J connectivity index is 2.67. The van der Waals surface area contributed by atoms with Crippen LogP contribution in [0, 0.1) is 0 Å². The maximum atomic E-state index is 12.4. The number of nitrogens with zero attached hydrogens (tertiary/aromatic N) is 1. The van der Waals surface area contributed by atoms with Crippen LogP contribution in [0.4, 0.5) is 0 Å². The summed E-state index contributed by atoms with van der Waals surface area (Å²) in [6, 6.07) is 1.58. The molecule has 1 N–H and O–H groups in total. The predicted molar refractivity (Wildman–Crippen MR) is 68.5 cm³/mol. The minimum absolute atomic E-state index is 0.145. The van der Waals surface area contributed by atoms with Crippen LogP contribution < -0.4 is 0 Å². The third-order valence-corrected chi connectivity index (χ3v) is 3.26. The molecule has 100 valence electrons. The zero-order valence-corrected chi connectivity index (χ0v) is 11.1. The first-order valence-electron chi connectivity index (χ1n) is 6.01. The van der Waals surface area contributed by atoms with E-state index in [1.54, 1.807) is 26.8 Å². The third kappa shape index (κ3) is 1.91. The Morgan fingerprint density at radius 2 is 2.16 bits per heavy atom. The smallest absolute Gasteiger partial charge is 0.345 e. The Morgan fingerprint density at radius 3 is 2.79 bits per heavy atom. The lowest BCUT2D eigenvalue weighted by Gasteiger charge is -2.30. The minimum atomic E-state index is -0.919. The van der Waals surface area contributed by atoms with Gasteiger partial charge in [0.2, 0.25) is 0 Å². The van der Waals surface area contributed by atoms with E-state index in [2.05, 4.69) is 4.98 Å². The van der Waals surface area contributed by atoms with E-state index in [0.717, 1.165) is 0 Å². The fourth-order valence-electron chi connectivity index (χ4n) is 2.17. The molecular weight excluding hydrogens is 246 g/mol. The van der Waals surface area contributed by atoms with Gasteiger partial charge in [0.25, 0.3) is 0 Å². The average molecular weight is 261 g/mol. The van der Waals surface area contributed by atoms with E-state index in [4.69, 9.17) is 4.74 Å². The monoisotopic (exact) mass is 261 g/mol. The van der Waals surface area contributed by atoms with Gasteiger partial charge in [0, 0.05) is 18.0 Å². The quantitative estimate of drug-likeness (QED) is 0.648. The van der Waals surface area contributed by atoms with Gasteiger partial charge in [-0.2, -0.15) is 0 Å². The number of esters is 1. The molecule has 0 atom stereocenters. The number of ketones is 1. The van der Waals surface area contributed by atoms with Crippen LogP contribution in [-0.4, -0.2) is 28.4 Å². The molecule has 1 aliphatic carbocycles. The molecule has 2 rings (SSSR count). The third-order valence-electron chi connectivity index (χ3n) is 3.26. The van der Waals surface area contributed by atoms with E-state index >= 15 is 0 Å². The first-order chi connectivity index (χ1) is 8.91. The van der Waals surface area contributed by atoms with Crippen molar-refractivity contribution in [2.24, 2.45) is 0 Å². The lowest BCUT2D eigenvalue weighted by Crippen LogP contribution is -2.38. The molecule has 1 aromatic heterocycles. The Morgan fingerprint density at radius 1 is 1.47 bits per heavy atom. The minimum Gasteiger partial charge on any atom is -0.506 e. The highest BCUT2D eigenvalue weighted by molar-refractivity contribution is 6.26. The van der Waals surface area contributed by atoms with Gasteiger partial charge in [-0.05, 0) is 32.4 Å². The SMILES string of the molecule is CCOC(=O)C1=C(O)c2ccncc2C(C)(C)C1=O. The van der Waals surface area contributed by atoms with Gasteiger partial charge in [0.1, 0.15) is 11.3 Å². The van der Waals surface area contributed by atoms with Crippen LogP contribution >= 0.6 is 0 Å². The Kier molecular flexibility index (Phi) is 3.14. The molecule has 0 saturated carbocycles. The van der Waals surface area contributed by atoms with Crippen LogP contribution in [0.3, 0.4) is 0 Å². The standard InChI is InChI=1S/C14H15NO4/c1-4-19-13(18)10-11(16)8-5-6-15-7-9(8)14(2,3)12(10)17/h5-7,16H,4H2,1-3H3. The van der Waals surface area contributed by atoms with Crippen molar-refractivity contribution in [3.05, 3.63) is 35.2 Å². The summed E-state index contributed by atoms with van der Waals surface area (Å²) in [7, 11) is 0. The van der Waals surface area contributed by atoms with Gasteiger partial charge < -0.3 is 9.84 Å². The summed E-state index contributed by atoms with van der Waals surface area (Å²) >= 11 is 0. The average Bonchev–Trinajstić information content (AvgIpc) is 2.37. The Hall–Kier alpha value is -2.17. The zero-order valence-electron chi connectivity index (χ0n) is 11.1. The highest BCUT2D eigenvalue weighted by Crippen LogP contribution is 2.38. The molecule has 0 amide bonds. The van der Waals surface area contributed by atoms with E-state index in [9.17, 15) is 14.7 Å². The molecule has 1 aliphatic rings. The molecule has 1 aromatic rings. The van der Waals surface area contributed by atoms with Crippen molar-refractivity contribution in [2.45, 2.75) is 26.2 Å². The maximum absolute atomic E-state index is 12.4. The van der Waals surface area contributed by atoms with Gasteiger partial charge in [-0.3, -0.25) is 9.78 Å². The molecule has 0 bridgehead atoms. The largest absolute Gasteiger partial charge is 0.506 e. The van der Waals surface area contributed by atoms with Crippen molar-refractivity contribution in [3.8, 4) is 0 Å². The Labute approximate surface area is 110 Å². The van der Waals surface area contributed by atoms with E-state index < -0.39 is 17.2 Å². The summed E-state index contributed by atoms with van der Waals surface area (Å²) in [5.41, 5.74) is -0.156. The van der Waals surface area contributed by atoms with Crippen LogP contribution in [0.2, 0.25) is 0 Å². The van der Waals surface area contributed by atoms with Gasteiger partial charge in [-0.1, -0.05) is 0 Å². The summed E-state index contributed by atoms with van der Waals surface area (Å²) in [4.78, 5) is 28.2. The maximum Gasteiger partial charge on any atom is 0.345 e. The number of carbonyl (C=O) groups is 2. The number of pyridine rings is 1. The van der Waals surface area contributed by atoms with Crippen LogP contribution in [-0.2, 0) is 19.7 Å². The van der Waals surface area contributed by atoms with E-state index in [0.29, 0.717) is 11.1 Å². The van der Waals surface area contributed by atoms with Crippen molar-refractivity contribution in [1.82, 2.24) is 4.98 Å². The number of aliphatic hydroxyl groups is 1. The number of hydrogen-bond donors (Lipinski definition) is 1. The highest BCUT2D eigenvalue weighted by atomic mass is 16.5. The second-order valence-corrected chi connectivity index (χ2v) is 4.82. The van der Waals surface area contributed by atoms with Gasteiger partial charge in [-0.25, -0.2) is 4.79 Å². The fourth-order valence-corrected chi connectivity index (χ4v) is 2.17. The lowest BCUT2D eigenvalue weighted by molar-refractivity contribution is -0.140. The number of ether oxygens (including phenoxy) is 1. The normalized spacial score (nSPS) is 17.1. The number of aromatic nitrogens is 1. The fraction of sp³-hybridized carbons (Fsp3) is 0.357. The molecule has 0 saturated heterocycles. The summed E-state index contributed by atoms with van der Waals surface area (Å²) in [6.45, 7) is 5.18. The van der Waals surface area contributed by atoms with E-state index in [1.807, 2.05) is 0 Å². The lowest BCUT2D eigenvalue weighted by atomic mass is 9.72. The molecule has 5 heteroatoms. The van der Waals surface area contributed by atoms with Crippen molar-refractivity contribution in [2.75, 3.05) is 6.61 Å². The molecule has 0 spiro atoms. The summed E-state index contributed by atoms with van der Waals surface area (Å²) in [6.07, 6.45) is 3.04.